The van der Waals surface area contributed by atoms with Crippen LogP contribution in [0, 0.1) is 5.82 Å². The minimum absolute atomic E-state index is 0.00481. The number of hydrogen-bond acceptors (Lipinski definition) is 2. The van der Waals surface area contributed by atoms with E-state index in [9.17, 15) is 4.39 Å². The van der Waals surface area contributed by atoms with Crippen LogP contribution in [-0.2, 0) is 6.54 Å². The van der Waals surface area contributed by atoms with Gasteiger partial charge in [-0.1, -0.05) is 18.2 Å². The predicted octanol–water partition coefficient (Wildman–Crippen LogP) is 4.50. The average Bonchev–Trinajstić information content (AvgIpc) is 2.72. The van der Waals surface area contributed by atoms with E-state index in [4.69, 9.17) is 0 Å². The van der Waals surface area contributed by atoms with Gasteiger partial charge in [-0.2, -0.15) is 0 Å². The van der Waals surface area contributed by atoms with Crippen molar-refractivity contribution in [2.75, 3.05) is 0 Å². The molecule has 1 N–H and O–H groups in total. The maximum atomic E-state index is 13.5. The highest BCUT2D eigenvalue weighted by Gasteiger charge is 2.10. The van der Waals surface area contributed by atoms with Crippen LogP contribution in [0.25, 0.3) is 0 Å². The highest BCUT2D eigenvalue weighted by atomic mass is 79.9. The first-order valence-electron chi connectivity index (χ1n) is 5.38. The summed E-state index contributed by atoms with van der Waals surface area (Å²) in [5.41, 5.74) is 0.708. The number of nitrogens with one attached hydrogen (secondary N) is 1. The molecule has 0 fully saturated rings. The first-order valence-corrected chi connectivity index (χ1v) is 7.05. The molecule has 4 heteroatoms. The summed E-state index contributed by atoms with van der Waals surface area (Å²) < 4.78 is 14.6. The molecule has 0 bridgehead atoms. The molecule has 2 aromatic rings. The van der Waals surface area contributed by atoms with Crippen molar-refractivity contribution in [1.82, 2.24) is 5.32 Å². The van der Waals surface area contributed by atoms with E-state index in [1.54, 1.807) is 17.4 Å². The lowest BCUT2D eigenvalue weighted by Crippen LogP contribution is -2.18. The second-order valence-corrected chi connectivity index (χ2v) is 5.67. The van der Waals surface area contributed by atoms with Gasteiger partial charge >= 0.3 is 0 Å². The van der Waals surface area contributed by atoms with E-state index < -0.39 is 0 Å². The molecule has 0 saturated carbocycles. The molecule has 0 saturated heterocycles. The number of benzene rings is 1. The summed E-state index contributed by atoms with van der Waals surface area (Å²) >= 11 is 5.17. The fraction of sp³-hybridized carbons (Fsp3) is 0.231. The van der Waals surface area contributed by atoms with Crippen molar-refractivity contribution < 1.29 is 4.39 Å². The second kappa shape index (κ2) is 5.76. The summed E-state index contributed by atoms with van der Waals surface area (Å²) in [6, 6.07) is 8.91. The minimum atomic E-state index is -0.155. The number of halogens is 2. The third-order valence-electron chi connectivity index (χ3n) is 2.63. The maximum Gasteiger partial charge on any atom is 0.127 e. The molecule has 90 valence electrons. The van der Waals surface area contributed by atoms with Crippen LogP contribution in [0.1, 0.15) is 23.4 Å². The first kappa shape index (κ1) is 12.7. The lowest BCUT2D eigenvalue weighted by Gasteiger charge is -2.14. The van der Waals surface area contributed by atoms with E-state index in [1.807, 2.05) is 30.5 Å². The Hall–Kier alpha value is -0.710. The number of rotatable bonds is 4. The van der Waals surface area contributed by atoms with E-state index in [1.165, 1.54) is 10.9 Å². The molecule has 0 spiro atoms. The van der Waals surface area contributed by atoms with Gasteiger partial charge in [-0.3, -0.25) is 0 Å². The maximum absolute atomic E-state index is 13.5. The zero-order valence-electron chi connectivity index (χ0n) is 9.41. The summed E-state index contributed by atoms with van der Waals surface area (Å²) in [5, 5.41) is 5.36. The van der Waals surface area contributed by atoms with Gasteiger partial charge in [0.15, 0.2) is 0 Å². The normalized spacial score (nSPS) is 12.6. The van der Waals surface area contributed by atoms with Crippen molar-refractivity contribution in [3.63, 3.8) is 0 Å². The first-order chi connectivity index (χ1) is 8.18. The quantitative estimate of drug-likeness (QED) is 0.876. The Labute approximate surface area is 113 Å². The predicted molar refractivity (Wildman–Crippen MR) is 73.7 cm³/mol. The second-order valence-electron chi connectivity index (χ2n) is 3.82. The van der Waals surface area contributed by atoms with Crippen LogP contribution in [0.3, 0.4) is 0 Å². The smallest absolute Gasteiger partial charge is 0.127 e. The van der Waals surface area contributed by atoms with Crippen LogP contribution in [0.2, 0.25) is 0 Å². The molecule has 0 aliphatic carbocycles. The summed E-state index contributed by atoms with van der Waals surface area (Å²) in [6.07, 6.45) is 0. The van der Waals surface area contributed by atoms with Gasteiger partial charge < -0.3 is 5.32 Å². The Bertz CT molecular complexity index is 498. The molecule has 1 atom stereocenters. The van der Waals surface area contributed by atoms with Gasteiger partial charge in [-0.25, -0.2) is 4.39 Å². The topological polar surface area (TPSA) is 12.0 Å². The minimum Gasteiger partial charge on any atom is -0.305 e. The third-order valence-corrected chi connectivity index (χ3v) is 4.56. The Morgan fingerprint density at radius 1 is 1.35 bits per heavy atom. The number of thiophene rings is 1. The largest absolute Gasteiger partial charge is 0.305 e. The molecule has 0 amide bonds. The standard InChI is InChI=1S/C13H13BrFNS/c1-9(10-4-2-3-5-12(10)15)16-8-13-11(14)6-7-17-13/h2-7,9,16H,8H2,1H3. The Morgan fingerprint density at radius 2 is 2.12 bits per heavy atom. The zero-order chi connectivity index (χ0) is 12.3. The fourth-order valence-electron chi connectivity index (χ4n) is 1.63. The van der Waals surface area contributed by atoms with Gasteiger partial charge in [0, 0.05) is 27.5 Å². The summed E-state index contributed by atoms with van der Waals surface area (Å²) in [6.45, 7) is 2.72. The molecule has 1 unspecified atom stereocenters. The third kappa shape index (κ3) is 3.15. The van der Waals surface area contributed by atoms with Gasteiger partial charge in [0.2, 0.25) is 0 Å². The van der Waals surface area contributed by atoms with Crippen molar-refractivity contribution in [3.8, 4) is 0 Å². The van der Waals surface area contributed by atoms with Crippen LogP contribution in [0.5, 0.6) is 0 Å². The van der Waals surface area contributed by atoms with Crippen molar-refractivity contribution in [3.05, 3.63) is 56.4 Å². The molecular formula is C13H13BrFNS. The van der Waals surface area contributed by atoms with Gasteiger partial charge in [-0.15, -0.1) is 11.3 Å². The van der Waals surface area contributed by atoms with Crippen molar-refractivity contribution in [1.29, 1.82) is 0 Å². The van der Waals surface area contributed by atoms with E-state index in [0.717, 1.165) is 11.0 Å². The molecule has 1 aromatic carbocycles. The van der Waals surface area contributed by atoms with Gasteiger partial charge in [-0.05, 0) is 40.4 Å². The lowest BCUT2D eigenvalue weighted by atomic mass is 10.1. The number of hydrogen-bond donors (Lipinski definition) is 1. The van der Waals surface area contributed by atoms with Crippen LogP contribution in [0.15, 0.2) is 40.2 Å². The Balaban J connectivity index is 2.01. The SMILES string of the molecule is CC(NCc1sccc1Br)c1ccccc1F. The van der Waals surface area contributed by atoms with Crippen molar-refractivity contribution >= 4 is 27.3 Å². The van der Waals surface area contributed by atoms with E-state index in [2.05, 4.69) is 21.2 Å². The molecule has 1 nitrogen and oxygen atoms in total. The monoisotopic (exact) mass is 313 g/mol. The molecule has 17 heavy (non-hydrogen) atoms. The molecule has 1 heterocycles. The molecule has 0 aliphatic rings. The average molecular weight is 314 g/mol. The van der Waals surface area contributed by atoms with Crippen molar-refractivity contribution in [2.45, 2.75) is 19.5 Å². The summed E-state index contributed by atoms with van der Waals surface area (Å²) in [5.74, 6) is -0.155. The van der Waals surface area contributed by atoms with E-state index >= 15 is 0 Å². The van der Waals surface area contributed by atoms with Crippen LogP contribution >= 0.6 is 27.3 Å². The van der Waals surface area contributed by atoms with Crippen molar-refractivity contribution in [2.24, 2.45) is 0 Å². The van der Waals surface area contributed by atoms with Gasteiger partial charge in [0.25, 0.3) is 0 Å². The van der Waals surface area contributed by atoms with Gasteiger partial charge in [0.05, 0.1) is 0 Å². The zero-order valence-corrected chi connectivity index (χ0v) is 11.8. The fourth-order valence-corrected chi connectivity index (χ4v) is 3.08. The van der Waals surface area contributed by atoms with Crippen LogP contribution in [-0.4, -0.2) is 0 Å². The lowest BCUT2D eigenvalue weighted by molar-refractivity contribution is 0.530. The van der Waals surface area contributed by atoms with Crippen LogP contribution in [0.4, 0.5) is 4.39 Å². The highest BCUT2D eigenvalue weighted by molar-refractivity contribution is 9.10. The summed E-state index contributed by atoms with van der Waals surface area (Å²) in [7, 11) is 0. The Morgan fingerprint density at radius 3 is 2.76 bits per heavy atom. The summed E-state index contributed by atoms with van der Waals surface area (Å²) in [4.78, 5) is 1.23. The van der Waals surface area contributed by atoms with Crippen LogP contribution < -0.4 is 5.32 Å². The molecule has 0 aliphatic heterocycles. The van der Waals surface area contributed by atoms with E-state index in [-0.39, 0.29) is 11.9 Å². The highest BCUT2D eigenvalue weighted by Crippen LogP contribution is 2.24. The van der Waals surface area contributed by atoms with E-state index in [0.29, 0.717) is 5.56 Å². The Kier molecular flexibility index (Phi) is 4.31. The van der Waals surface area contributed by atoms with Gasteiger partial charge in [0.1, 0.15) is 5.82 Å². The molecule has 1 aromatic heterocycles. The molecular weight excluding hydrogens is 301 g/mol. The molecule has 0 radical (unpaired) electrons. The molecule has 2 rings (SSSR count).